The third kappa shape index (κ3) is 5.09. The fourth-order valence-corrected chi connectivity index (χ4v) is 2.71. The van der Waals surface area contributed by atoms with Gasteiger partial charge in [-0.3, -0.25) is 9.69 Å². The van der Waals surface area contributed by atoms with Gasteiger partial charge in [-0.2, -0.15) is 13.2 Å². The number of nitrogens with zero attached hydrogens (tertiary/aromatic N) is 2. The standard InChI is InChI=1S/C15H19ClF3N3O/c1-2-21-5-7-22(8-6-21)10-14(23)20-11-3-4-13(16)12(9-11)15(17,18)19/h3-4,9H,2,5-8,10H2,1H3,(H,20,23). The van der Waals surface area contributed by atoms with Gasteiger partial charge in [0.1, 0.15) is 0 Å². The number of alkyl halides is 3. The van der Waals surface area contributed by atoms with E-state index in [1.807, 2.05) is 4.90 Å². The van der Waals surface area contributed by atoms with Gasteiger partial charge in [-0.05, 0) is 24.7 Å². The Morgan fingerprint density at radius 2 is 1.83 bits per heavy atom. The molecule has 8 heteroatoms. The van der Waals surface area contributed by atoms with Gasteiger partial charge in [-0.15, -0.1) is 0 Å². The zero-order valence-electron chi connectivity index (χ0n) is 12.8. The maximum atomic E-state index is 12.8. The Bertz CT molecular complexity index is 557. The molecule has 0 atom stereocenters. The van der Waals surface area contributed by atoms with E-state index in [9.17, 15) is 18.0 Å². The van der Waals surface area contributed by atoms with Gasteiger partial charge in [0.15, 0.2) is 0 Å². The molecule has 4 nitrogen and oxygen atoms in total. The van der Waals surface area contributed by atoms with Crippen molar-refractivity contribution in [3.8, 4) is 0 Å². The van der Waals surface area contributed by atoms with Crippen molar-refractivity contribution in [3.05, 3.63) is 28.8 Å². The SMILES string of the molecule is CCN1CCN(CC(=O)Nc2ccc(Cl)c(C(F)(F)F)c2)CC1. The van der Waals surface area contributed by atoms with Crippen LogP contribution in [0.25, 0.3) is 0 Å². The highest BCUT2D eigenvalue weighted by molar-refractivity contribution is 6.31. The van der Waals surface area contributed by atoms with Gasteiger partial charge in [0, 0.05) is 31.9 Å². The molecule has 1 fully saturated rings. The Hall–Kier alpha value is -1.31. The predicted molar refractivity (Wildman–Crippen MR) is 83.6 cm³/mol. The summed E-state index contributed by atoms with van der Waals surface area (Å²) in [4.78, 5) is 16.3. The van der Waals surface area contributed by atoms with Crippen molar-refractivity contribution >= 4 is 23.2 Å². The number of anilines is 1. The molecular weight excluding hydrogens is 331 g/mol. The molecule has 0 bridgehead atoms. The topological polar surface area (TPSA) is 35.6 Å². The minimum absolute atomic E-state index is 0.0962. The Morgan fingerprint density at radius 1 is 1.22 bits per heavy atom. The Morgan fingerprint density at radius 3 is 2.39 bits per heavy atom. The molecule has 1 heterocycles. The molecule has 1 aromatic carbocycles. The molecule has 0 aromatic heterocycles. The van der Waals surface area contributed by atoms with Crippen molar-refractivity contribution in [2.45, 2.75) is 13.1 Å². The van der Waals surface area contributed by atoms with Crippen LogP contribution < -0.4 is 5.32 Å². The highest BCUT2D eigenvalue weighted by atomic mass is 35.5. The first-order chi connectivity index (χ1) is 10.8. The molecule has 0 saturated carbocycles. The Kier molecular flexibility index (Phi) is 5.89. The lowest BCUT2D eigenvalue weighted by Gasteiger charge is -2.33. The van der Waals surface area contributed by atoms with Crippen LogP contribution in [0.3, 0.4) is 0 Å². The van der Waals surface area contributed by atoms with Gasteiger partial charge in [0.2, 0.25) is 5.91 Å². The van der Waals surface area contributed by atoms with Gasteiger partial charge in [-0.25, -0.2) is 0 Å². The number of carbonyl (C=O) groups excluding carboxylic acids is 1. The zero-order chi connectivity index (χ0) is 17.0. The molecule has 1 saturated heterocycles. The second-order valence-electron chi connectivity index (χ2n) is 5.45. The molecule has 1 aromatic rings. The number of amides is 1. The van der Waals surface area contributed by atoms with E-state index < -0.39 is 11.7 Å². The molecule has 0 unspecified atom stereocenters. The quantitative estimate of drug-likeness (QED) is 0.908. The van der Waals surface area contributed by atoms with Crippen LogP contribution in [0, 0.1) is 0 Å². The van der Waals surface area contributed by atoms with Gasteiger partial charge < -0.3 is 10.2 Å². The molecule has 1 aliphatic rings. The summed E-state index contributed by atoms with van der Waals surface area (Å²) in [6, 6.07) is 3.36. The van der Waals surface area contributed by atoms with Crippen LogP contribution in [0.5, 0.6) is 0 Å². The van der Waals surface area contributed by atoms with Crippen LogP contribution in [0.4, 0.5) is 18.9 Å². The molecule has 1 N–H and O–H groups in total. The van der Waals surface area contributed by atoms with E-state index in [1.54, 1.807) is 0 Å². The van der Waals surface area contributed by atoms with Crippen LogP contribution in [-0.2, 0) is 11.0 Å². The number of benzene rings is 1. The number of carbonyl (C=O) groups is 1. The van der Waals surface area contributed by atoms with Gasteiger partial charge in [-0.1, -0.05) is 18.5 Å². The van der Waals surface area contributed by atoms with Crippen LogP contribution in [0.1, 0.15) is 12.5 Å². The number of likely N-dealkylation sites (N-methyl/N-ethyl adjacent to an activating group) is 1. The molecule has 0 spiro atoms. The first kappa shape index (κ1) is 18.0. The third-order valence-electron chi connectivity index (χ3n) is 3.83. The summed E-state index contributed by atoms with van der Waals surface area (Å²) in [5.41, 5.74) is -0.854. The Labute approximate surface area is 138 Å². The smallest absolute Gasteiger partial charge is 0.325 e. The number of hydrogen-bond acceptors (Lipinski definition) is 3. The van der Waals surface area contributed by atoms with E-state index >= 15 is 0 Å². The fourth-order valence-electron chi connectivity index (χ4n) is 2.49. The molecule has 1 amide bonds. The second-order valence-corrected chi connectivity index (χ2v) is 5.86. The number of rotatable bonds is 4. The summed E-state index contributed by atoms with van der Waals surface area (Å²) < 4.78 is 38.4. The Balaban J connectivity index is 1.93. The van der Waals surface area contributed by atoms with Gasteiger partial charge in [0.25, 0.3) is 0 Å². The average Bonchev–Trinajstić information content (AvgIpc) is 2.49. The molecule has 1 aliphatic heterocycles. The molecule has 0 radical (unpaired) electrons. The van der Waals surface area contributed by atoms with Crippen molar-refractivity contribution < 1.29 is 18.0 Å². The average molecular weight is 350 g/mol. The van der Waals surface area contributed by atoms with Crippen molar-refractivity contribution in [1.29, 1.82) is 0 Å². The van der Waals surface area contributed by atoms with Crippen molar-refractivity contribution in [3.63, 3.8) is 0 Å². The lowest BCUT2D eigenvalue weighted by molar-refractivity contribution is -0.137. The van der Waals surface area contributed by atoms with Gasteiger partial charge >= 0.3 is 6.18 Å². The first-order valence-electron chi connectivity index (χ1n) is 7.41. The summed E-state index contributed by atoms with van der Waals surface area (Å²) in [6.45, 7) is 6.56. The van der Waals surface area contributed by atoms with E-state index in [-0.39, 0.29) is 23.2 Å². The minimum Gasteiger partial charge on any atom is -0.325 e. The number of nitrogens with one attached hydrogen (secondary N) is 1. The van der Waals surface area contributed by atoms with E-state index in [0.717, 1.165) is 44.9 Å². The molecule has 128 valence electrons. The number of halogens is 4. The molecule has 2 rings (SSSR count). The monoisotopic (exact) mass is 349 g/mol. The number of piperazine rings is 1. The van der Waals surface area contributed by atoms with Crippen LogP contribution in [-0.4, -0.2) is 55.0 Å². The summed E-state index contributed by atoms with van der Waals surface area (Å²) >= 11 is 5.55. The summed E-state index contributed by atoms with van der Waals surface area (Å²) in [6.07, 6.45) is -4.55. The lowest BCUT2D eigenvalue weighted by Crippen LogP contribution is -2.48. The maximum Gasteiger partial charge on any atom is 0.417 e. The summed E-state index contributed by atoms with van der Waals surface area (Å²) in [7, 11) is 0. The maximum absolute atomic E-state index is 12.8. The molecule has 23 heavy (non-hydrogen) atoms. The summed E-state index contributed by atoms with van der Waals surface area (Å²) in [5, 5.41) is 2.12. The van der Waals surface area contributed by atoms with E-state index in [4.69, 9.17) is 11.6 Å². The molecular formula is C15H19ClF3N3O. The van der Waals surface area contributed by atoms with E-state index in [0.29, 0.717) is 0 Å². The predicted octanol–water partition coefficient (Wildman–Crippen LogP) is 2.93. The largest absolute Gasteiger partial charge is 0.417 e. The number of hydrogen-bond donors (Lipinski definition) is 1. The minimum atomic E-state index is -4.55. The van der Waals surface area contributed by atoms with Crippen molar-refractivity contribution in [1.82, 2.24) is 9.80 Å². The second kappa shape index (κ2) is 7.51. The van der Waals surface area contributed by atoms with E-state index in [1.165, 1.54) is 6.07 Å². The zero-order valence-corrected chi connectivity index (χ0v) is 13.5. The lowest BCUT2D eigenvalue weighted by atomic mass is 10.2. The third-order valence-corrected chi connectivity index (χ3v) is 4.16. The van der Waals surface area contributed by atoms with E-state index in [2.05, 4.69) is 17.1 Å². The highest BCUT2D eigenvalue weighted by Crippen LogP contribution is 2.36. The normalized spacial score (nSPS) is 17.3. The first-order valence-corrected chi connectivity index (χ1v) is 7.78. The van der Waals surface area contributed by atoms with Crippen LogP contribution in [0.2, 0.25) is 5.02 Å². The summed E-state index contributed by atoms with van der Waals surface area (Å²) in [5.74, 6) is -0.328. The van der Waals surface area contributed by atoms with Gasteiger partial charge in [0.05, 0.1) is 17.1 Å². The highest BCUT2D eigenvalue weighted by Gasteiger charge is 2.33. The fraction of sp³-hybridized carbons (Fsp3) is 0.533. The van der Waals surface area contributed by atoms with Crippen molar-refractivity contribution in [2.24, 2.45) is 0 Å². The van der Waals surface area contributed by atoms with Crippen LogP contribution in [0.15, 0.2) is 18.2 Å². The molecule has 0 aliphatic carbocycles. The van der Waals surface area contributed by atoms with Crippen LogP contribution >= 0.6 is 11.6 Å². The van der Waals surface area contributed by atoms with Crippen molar-refractivity contribution in [2.75, 3.05) is 44.6 Å².